The van der Waals surface area contributed by atoms with E-state index in [4.69, 9.17) is 4.74 Å². The predicted molar refractivity (Wildman–Crippen MR) is 153 cm³/mol. The van der Waals surface area contributed by atoms with Crippen LogP contribution in [0.2, 0.25) is 0 Å². The fourth-order valence-electron chi connectivity index (χ4n) is 4.10. The lowest BCUT2D eigenvalue weighted by molar-refractivity contribution is 0.0968. The van der Waals surface area contributed by atoms with Gasteiger partial charge in [-0.2, -0.15) is 0 Å². The summed E-state index contributed by atoms with van der Waals surface area (Å²) in [6, 6.07) is 12.9. The fraction of sp³-hybridized carbons (Fsp3) is 0.407. The molecule has 0 aliphatic carbocycles. The van der Waals surface area contributed by atoms with Crippen molar-refractivity contribution in [3.8, 4) is 5.75 Å². The molecule has 1 aliphatic rings. The van der Waals surface area contributed by atoms with Crippen molar-refractivity contribution in [3.05, 3.63) is 52.2 Å². The summed E-state index contributed by atoms with van der Waals surface area (Å²) < 4.78 is 17.7. The molecular formula is C27H34N4O4S2. The molecule has 0 bridgehead atoms. The van der Waals surface area contributed by atoms with E-state index in [1.54, 1.807) is 7.05 Å². The Hall–Kier alpha value is -2.79. The second kappa shape index (κ2) is 11.7. The Morgan fingerprint density at radius 2 is 1.73 bits per heavy atom. The van der Waals surface area contributed by atoms with Gasteiger partial charge in [0.25, 0.3) is 5.91 Å². The lowest BCUT2D eigenvalue weighted by Crippen LogP contribution is -2.42. The first kappa shape index (κ1) is 27.3. The Labute approximate surface area is 224 Å². The molecule has 3 amide bonds. The molecule has 0 atom stereocenters. The third-order valence-corrected chi connectivity index (χ3v) is 9.06. The Balaban J connectivity index is 1.47. The van der Waals surface area contributed by atoms with E-state index < -0.39 is 17.2 Å². The van der Waals surface area contributed by atoms with Crippen LogP contribution in [0.1, 0.15) is 35.3 Å². The van der Waals surface area contributed by atoms with E-state index in [0.717, 1.165) is 52.5 Å². The van der Waals surface area contributed by atoms with Gasteiger partial charge < -0.3 is 25.2 Å². The van der Waals surface area contributed by atoms with E-state index >= 15 is 0 Å². The third-order valence-electron chi connectivity index (χ3n) is 6.22. The molecule has 1 aliphatic heterocycles. The maximum atomic E-state index is 13.0. The molecule has 3 aromatic rings. The zero-order chi connectivity index (χ0) is 26.6. The van der Waals surface area contributed by atoms with Gasteiger partial charge in [-0.1, -0.05) is 56.2 Å². The highest BCUT2D eigenvalue weighted by atomic mass is 32.2. The lowest BCUT2D eigenvalue weighted by Gasteiger charge is -2.27. The van der Waals surface area contributed by atoms with Crippen molar-refractivity contribution in [2.45, 2.75) is 26.2 Å². The molecule has 0 spiro atoms. The topological polar surface area (TPSA) is 106 Å². The minimum absolute atomic E-state index is 0.150. The lowest BCUT2D eigenvalue weighted by atomic mass is 9.94. The van der Waals surface area contributed by atoms with Crippen LogP contribution in [0.3, 0.4) is 0 Å². The number of hydrogen-bond acceptors (Lipinski definition) is 6. The molecule has 3 N–H and O–H groups in total. The highest BCUT2D eigenvalue weighted by molar-refractivity contribution is 7.91. The van der Waals surface area contributed by atoms with Crippen LogP contribution in [0.5, 0.6) is 5.75 Å². The van der Waals surface area contributed by atoms with Crippen molar-refractivity contribution in [1.29, 1.82) is 0 Å². The second-order valence-corrected chi connectivity index (χ2v) is 12.7. The molecule has 2 heterocycles. The number of fused-ring (bicyclic) bond motifs is 1. The molecule has 1 saturated heterocycles. The summed E-state index contributed by atoms with van der Waals surface area (Å²) in [6.07, 6.45) is 0. The standard InChI is InChI=1S/C27H34N4O4S2/c1-27(2,3)23-17-21(24(36-23)25(32)28-4)30-26(33)29-20-9-10-22(19-8-6-5-7-18(19)20)35-14-11-31-12-15-37(34)16-13-31/h5-10,17H,11-16H2,1-4H3,(H,28,32)(H2,29,30,33). The number of nitrogens with one attached hydrogen (secondary N) is 3. The summed E-state index contributed by atoms with van der Waals surface area (Å²) in [5.41, 5.74) is 0.979. The molecule has 2 aromatic carbocycles. The van der Waals surface area contributed by atoms with Crippen molar-refractivity contribution in [2.24, 2.45) is 0 Å². The number of anilines is 2. The Kier molecular flexibility index (Phi) is 8.63. The van der Waals surface area contributed by atoms with E-state index in [-0.39, 0.29) is 11.3 Å². The van der Waals surface area contributed by atoms with E-state index in [1.165, 1.54) is 11.3 Å². The predicted octanol–water partition coefficient (Wildman–Crippen LogP) is 4.65. The average Bonchev–Trinajstić information content (AvgIpc) is 3.30. The normalized spacial score (nSPS) is 14.9. The van der Waals surface area contributed by atoms with Crippen LogP contribution in [-0.2, 0) is 16.6 Å². The number of rotatable bonds is 7. The van der Waals surface area contributed by atoms with Crippen LogP contribution >= 0.6 is 11.3 Å². The monoisotopic (exact) mass is 542 g/mol. The smallest absolute Gasteiger partial charge is 0.323 e. The SMILES string of the molecule is CNC(=O)c1sc(C(C)(C)C)cc1NC(=O)Nc1ccc(OCCN2CC[S+]([O-])CC2)c2ccccc12. The van der Waals surface area contributed by atoms with Gasteiger partial charge in [0.2, 0.25) is 0 Å². The molecule has 1 fully saturated rings. The van der Waals surface area contributed by atoms with Crippen LogP contribution in [0.25, 0.3) is 10.8 Å². The van der Waals surface area contributed by atoms with E-state index in [0.29, 0.717) is 22.9 Å². The highest BCUT2D eigenvalue weighted by Gasteiger charge is 2.24. The maximum Gasteiger partial charge on any atom is 0.323 e. The number of thiophene rings is 1. The number of carbonyl (C=O) groups excluding carboxylic acids is 2. The van der Waals surface area contributed by atoms with Crippen molar-refractivity contribution in [1.82, 2.24) is 10.2 Å². The van der Waals surface area contributed by atoms with Crippen LogP contribution < -0.4 is 20.7 Å². The Morgan fingerprint density at radius 1 is 1.05 bits per heavy atom. The van der Waals surface area contributed by atoms with Gasteiger partial charge in [0, 0.05) is 42.3 Å². The number of ether oxygens (including phenoxy) is 1. The van der Waals surface area contributed by atoms with Crippen molar-refractivity contribution in [2.75, 3.05) is 55.4 Å². The van der Waals surface area contributed by atoms with Gasteiger partial charge in [-0.3, -0.25) is 9.69 Å². The second-order valence-electron chi connectivity index (χ2n) is 9.96. The number of urea groups is 1. The van der Waals surface area contributed by atoms with E-state index in [2.05, 4.69) is 41.6 Å². The molecular weight excluding hydrogens is 508 g/mol. The zero-order valence-electron chi connectivity index (χ0n) is 21.7. The van der Waals surface area contributed by atoms with Crippen molar-refractivity contribution < 1.29 is 18.9 Å². The quantitative estimate of drug-likeness (QED) is 0.377. The maximum absolute atomic E-state index is 13.0. The molecule has 0 unspecified atom stereocenters. The first-order valence-electron chi connectivity index (χ1n) is 12.3. The summed E-state index contributed by atoms with van der Waals surface area (Å²) in [6.45, 7) is 9.18. The minimum Gasteiger partial charge on any atom is -0.616 e. The van der Waals surface area contributed by atoms with Crippen LogP contribution in [0.15, 0.2) is 42.5 Å². The van der Waals surface area contributed by atoms with Gasteiger partial charge >= 0.3 is 6.03 Å². The third kappa shape index (κ3) is 6.75. The number of amides is 3. The average molecular weight is 543 g/mol. The number of benzene rings is 2. The molecule has 8 nitrogen and oxygen atoms in total. The first-order chi connectivity index (χ1) is 17.7. The molecule has 0 saturated carbocycles. The number of nitrogens with zero attached hydrogens (tertiary/aromatic N) is 1. The van der Waals surface area contributed by atoms with Gasteiger partial charge in [0.1, 0.15) is 28.7 Å². The summed E-state index contributed by atoms with van der Waals surface area (Å²) in [5, 5.41) is 10.2. The van der Waals surface area contributed by atoms with E-state index in [9.17, 15) is 14.1 Å². The zero-order valence-corrected chi connectivity index (χ0v) is 23.3. The van der Waals surface area contributed by atoms with Gasteiger partial charge in [0.05, 0.1) is 11.4 Å². The van der Waals surface area contributed by atoms with Crippen LogP contribution in [0.4, 0.5) is 16.2 Å². The molecule has 1 aromatic heterocycles. The molecule has 10 heteroatoms. The first-order valence-corrected chi connectivity index (χ1v) is 14.6. The Bertz CT molecular complexity index is 1260. The summed E-state index contributed by atoms with van der Waals surface area (Å²) in [5.74, 6) is 1.95. The minimum atomic E-state index is -0.691. The summed E-state index contributed by atoms with van der Waals surface area (Å²) in [7, 11) is 1.58. The van der Waals surface area contributed by atoms with Gasteiger partial charge in [-0.25, -0.2) is 4.79 Å². The Morgan fingerprint density at radius 3 is 2.41 bits per heavy atom. The van der Waals surface area contributed by atoms with Crippen LogP contribution in [0, 0.1) is 0 Å². The number of hydrogen-bond donors (Lipinski definition) is 3. The van der Waals surface area contributed by atoms with Crippen molar-refractivity contribution in [3.63, 3.8) is 0 Å². The number of carbonyl (C=O) groups is 2. The van der Waals surface area contributed by atoms with E-state index in [1.807, 2.05) is 42.5 Å². The van der Waals surface area contributed by atoms with Gasteiger partial charge in [-0.05, 0) is 23.6 Å². The molecule has 0 radical (unpaired) electrons. The molecule has 198 valence electrons. The van der Waals surface area contributed by atoms with Gasteiger partial charge in [0.15, 0.2) is 0 Å². The van der Waals surface area contributed by atoms with Crippen LogP contribution in [-0.4, -0.2) is 66.2 Å². The molecule has 4 rings (SSSR count). The summed E-state index contributed by atoms with van der Waals surface area (Å²) >= 11 is 0.690. The van der Waals surface area contributed by atoms with Gasteiger partial charge in [-0.15, -0.1) is 11.3 Å². The van der Waals surface area contributed by atoms with Crippen molar-refractivity contribution >= 4 is 56.6 Å². The fourth-order valence-corrected chi connectivity index (χ4v) is 6.35. The molecule has 37 heavy (non-hydrogen) atoms. The largest absolute Gasteiger partial charge is 0.616 e. The highest BCUT2D eigenvalue weighted by Crippen LogP contribution is 2.36. The summed E-state index contributed by atoms with van der Waals surface area (Å²) in [4.78, 5) is 29.2.